The van der Waals surface area contributed by atoms with Crippen LogP contribution in [0.15, 0.2) is 12.4 Å². The van der Waals surface area contributed by atoms with E-state index in [1.54, 1.807) is 6.33 Å². The predicted octanol–water partition coefficient (Wildman–Crippen LogP) is 1.41. The van der Waals surface area contributed by atoms with Crippen LogP contribution in [0.5, 0.6) is 0 Å². The largest absolute Gasteiger partial charge is 0.363 e. The van der Waals surface area contributed by atoms with Gasteiger partial charge >= 0.3 is 0 Å². The summed E-state index contributed by atoms with van der Waals surface area (Å²) < 4.78 is 23.4. The van der Waals surface area contributed by atoms with E-state index >= 15 is 0 Å². The van der Waals surface area contributed by atoms with Crippen LogP contribution in [-0.2, 0) is 9.84 Å². The number of likely N-dealkylation sites (tertiary alicyclic amines) is 1. The van der Waals surface area contributed by atoms with E-state index in [4.69, 9.17) is 0 Å². The Balaban J connectivity index is 1.38. The number of aromatic nitrogens is 2. The van der Waals surface area contributed by atoms with Crippen LogP contribution in [0.4, 0.5) is 11.6 Å². The smallest absolute Gasteiger partial charge is 0.150 e. The van der Waals surface area contributed by atoms with Crippen molar-refractivity contribution in [2.75, 3.05) is 55.0 Å². The Morgan fingerprint density at radius 1 is 1.04 bits per heavy atom. The Labute approximate surface area is 162 Å². The van der Waals surface area contributed by atoms with Crippen molar-refractivity contribution in [2.24, 2.45) is 5.92 Å². The van der Waals surface area contributed by atoms with Crippen molar-refractivity contribution in [3.8, 4) is 0 Å². The number of piperidine rings is 1. The molecule has 1 aromatic rings. The lowest BCUT2D eigenvalue weighted by Crippen LogP contribution is -2.47. The van der Waals surface area contributed by atoms with E-state index in [1.165, 1.54) is 12.8 Å². The SMILES string of the molecule is CN(C)c1cc(N(C2CC2)C2CCN(CC3CCS(=O)(=O)C3)CC2)ncn1. The lowest BCUT2D eigenvalue weighted by atomic mass is 10.0. The maximum absolute atomic E-state index is 11.7. The van der Waals surface area contributed by atoms with Gasteiger partial charge in [-0.05, 0) is 38.0 Å². The molecule has 0 aromatic carbocycles. The minimum atomic E-state index is -2.77. The Morgan fingerprint density at radius 2 is 1.70 bits per heavy atom. The molecule has 0 radical (unpaired) electrons. The molecule has 3 aliphatic rings. The van der Waals surface area contributed by atoms with Gasteiger partial charge in [0.15, 0.2) is 9.84 Å². The zero-order valence-electron chi connectivity index (χ0n) is 16.4. The molecule has 0 spiro atoms. The molecule has 2 saturated heterocycles. The number of rotatable bonds is 6. The van der Waals surface area contributed by atoms with Crippen LogP contribution in [0.25, 0.3) is 0 Å². The first kappa shape index (κ1) is 18.9. The van der Waals surface area contributed by atoms with Gasteiger partial charge in [-0.2, -0.15) is 0 Å². The molecular formula is C19H31N5O2S. The minimum Gasteiger partial charge on any atom is -0.363 e. The van der Waals surface area contributed by atoms with E-state index in [-0.39, 0.29) is 0 Å². The normalized spacial score (nSPS) is 26.2. The molecule has 1 atom stereocenters. The van der Waals surface area contributed by atoms with Gasteiger partial charge in [0.25, 0.3) is 0 Å². The number of hydrogen-bond donors (Lipinski definition) is 0. The van der Waals surface area contributed by atoms with Gasteiger partial charge in [0, 0.05) is 51.9 Å². The topological polar surface area (TPSA) is 69.6 Å². The molecule has 0 N–H and O–H groups in total. The van der Waals surface area contributed by atoms with Crippen LogP contribution in [0.1, 0.15) is 32.1 Å². The molecule has 3 fully saturated rings. The molecule has 3 heterocycles. The Morgan fingerprint density at radius 3 is 2.30 bits per heavy atom. The van der Waals surface area contributed by atoms with Crippen LogP contribution >= 0.6 is 0 Å². The van der Waals surface area contributed by atoms with Crippen LogP contribution in [0, 0.1) is 5.92 Å². The van der Waals surface area contributed by atoms with Gasteiger partial charge in [0.05, 0.1) is 11.5 Å². The summed E-state index contributed by atoms with van der Waals surface area (Å²) >= 11 is 0. The van der Waals surface area contributed by atoms with E-state index < -0.39 is 9.84 Å². The molecule has 2 aliphatic heterocycles. The molecule has 150 valence electrons. The van der Waals surface area contributed by atoms with Gasteiger partial charge in [-0.1, -0.05) is 0 Å². The quantitative estimate of drug-likeness (QED) is 0.724. The summed E-state index contributed by atoms with van der Waals surface area (Å²) in [5, 5.41) is 0. The molecule has 1 aliphatic carbocycles. The second-order valence-electron chi connectivity index (χ2n) is 8.57. The third kappa shape index (κ3) is 4.54. The summed E-state index contributed by atoms with van der Waals surface area (Å²) in [6.45, 7) is 3.04. The third-order valence-corrected chi connectivity index (χ3v) is 7.93. The highest BCUT2D eigenvalue weighted by atomic mass is 32.2. The van der Waals surface area contributed by atoms with Gasteiger partial charge in [-0.25, -0.2) is 18.4 Å². The maximum atomic E-state index is 11.7. The molecule has 1 saturated carbocycles. The lowest BCUT2D eigenvalue weighted by molar-refractivity contribution is 0.185. The van der Waals surface area contributed by atoms with Crippen LogP contribution in [-0.4, -0.2) is 80.6 Å². The highest BCUT2D eigenvalue weighted by Crippen LogP contribution is 2.36. The zero-order chi connectivity index (χ0) is 19.0. The van der Waals surface area contributed by atoms with Crippen molar-refractivity contribution in [2.45, 2.75) is 44.2 Å². The average Bonchev–Trinajstić information content (AvgIpc) is 3.40. The fraction of sp³-hybridized carbons (Fsp3) is 0.789. The second kappa shape index (κ2) is 7.54. The highest BCUT2D eigenvalue weighted by molar-refractivity contribution is 7.91. The van der Waals surface area contributed by atoms with Crippen molar-refractivity contribution in [1.29, 1.82) is 0 Å². The summed E-state index contributed by atoms with van der Waals surface area (Å²) in [4.78, 5) is 16.0. The number of nitrogens with zero attached hydrogens (tertiary/aromatic N) is 5. The van der Waals surface area contributed by atoms with E-state index in [0.717, 1.165) is 50.5 Å². The predicted molar refractivity (Wildman–Crippen MR) is 108 cm³/mol. The first-order valence-corrected chi connectivity index (χ1v) is 11.9. The zero-order valence-corrected chi connectivity index (χ0v) is 17.2. The summed E-state index contributed by atoms with van der Waals surface area (Å²) in [5.41, 5.74) is 0. The first-order valence-electron chi connectivity index (χ1n) is 10.1. The molecule has 27 heavy (non-hydrogen) atoms. The molecule has 0 bridgehead atoms. The molecule has 4 rings (SSSR count). The summed E-state index contributed by atoms with van der Waals surface area (Å²) in [5.74, 6) is 3.10. The average molecular weight is 394 g/mol. The molecule has 1 unspecified atom stereocenters. The van der Waals surface area contributed by atoms with E-state index in [1.807, 2.05) is 19.0 Å². The van der Waals surface area contributed by atoms with E-state index in [2.05, 4.69) is 25.8 Å². The summed E-state index contributed by atoms with van der Waals surface area (Å²) in [7, 11) is 1.24. The summed E-state index contributed by atoms with van der Waals surface area (Å²) in [6.07, 6.45) is 7.26. The number of anilines is 2. The molecule has 8 heteroatoms. The van der Waals surface area contributed by atoms with Crippen LogP contribution < -0.4 is 9.80 Å². The first-order chi connectivity index (χ1) is 12.9. The lowest BCUT2D eigenvalue weighted by Gasteiger charge is -2.40. The van der Waals surface area contributed by atoms with Crippen LogP contribution in [0.2, 0.25) is 0 Å². The van der Waals surface area contributed by atoms with Gasteiger partial charge in [0.2, 0.25) is 0 Å². The Kier molecular flexibility index (Phi) is 5.29. The summed E-state index contributed by atoms with van der Waals surface area (Å²) in [6, 6.07) is 3.24. The minimum absolute atomic E-state index is 0.329. The highest BCUT2D eigenvalue weighted by Gasteiger charge is 2.37. The number of hydrogen-bond acceptors (Lipinski definition) is 7. The monoisotopic (exact) mass is 393 g/mol. The van der Waals surface area contributed by atoms with Gasteiger partial charge in [-0.15, -0.1) is 0 Å². The fourth-order valence-corrected chi connectivity index (χ4v) is 6.36. The molecular weight excluding hydrogens is 362 g/mol. The van der Waals surface area contributed by atoms with Crippen LogP contribution in [0.3, 0.4) is 0 Å². The van der Waals surface area contributed by atoms with Crippen molar-refractivity contribution in [1.82, 2.24) is 14.9 Å². The van der Waals surface area contributed by atoms with Gasteiger partial charge in [0.1, 0.15) is 18.0 Å². The Bertz CT molecular complexity index is 757. The van der Waals surface area contributed by atoms with Crippen molar-refractivity contribution in [3.63, 3.8) is 0 Å². The van der Waals surface area contributed by atoms with Crippen molar-refractivity contribution in [3.05, 3.63) is 12.4 Å². The molecule has 1 aromatic heterocycles. The van der Waals surface area contributed by atoms with Gasteiger partial charge < -0.3 is 14.7 Å². The Hall–Kier alpha value is -1.41. The van der Waals surface area contributed by atoms with Crippen molar-refractivity contribution >= 4 is 21.5 Å². The number of sulfone groups is 1. The van der Waals surface area contributed by atoms with E-state index in [9.17, 15) is 8.42 Å². The van der Waals surface area contributed by atoms with Gasteiger partial charge in [-0.3, -0.25) is 0 Å². The molecule has 7 nitrogen and oxygen atoms in total. The fourth-order valence-electron chi connectivity index (χ4n) is 4.51. The van der Waals surface area contributed by atoms with Crippen molar-refractivity contribution < 1.29 is 8.42 Å². The third-order valence-electron chi connectivity index (χ3n) is 6.09. The van der Waals surface area contributed by atoms with E-state index in [0.29, 0.717) is 29.5 Å². The maximum Gasteiger partial charge on any atom is 0.150 e. The standard InChI is InChI=1S/C19H31N5O2S/c1-22(2)18-11-19(21-14-20-18)24(16-3-4-16)17-5-8-23(9-6-17)12-15-7-10-27(25,26)13-15/h11,14-17H,3-10,12-13H2,1-2H3. The second-order valence-corrected chi connectivity index (χ2v) is 10.8. The molecule has 0 amide bonds.